The molecule has 0 radical (unpaired) electrons. The third-order valence-electron chi connectivity index (χ3n) is 4.79. The summed E-state index contributed by atoms with van der Waals surface area (Å²) in [6, 6.07) is 0. The van der Waals surface area contributed by atoms with Crippen LogP contribution in [0.4, 0.5) is 0 Å². The maximum atomic E-state index is 2.46. The van der Waals surface area contributed by atoms with E-state index in [1.54, 1.807) is 0 Å². The molecule has 0 aromatic heterocycles. The summed E-state index contributed by atoms with van der Waals surface area (Å²) in [6.45, 7) is 9.61. The van der Waals surface area contributed by atoms with Crippen LogP contribution in [0.1, 0.15) is 79.1 Å². The molecule has 0 aromatic carbocycles. The van der Waals surface area contributed by atoms with Gasteiger partial charge < -0.3 is 0 Å². The quantitative estimate of drug-likeness (QED) is 0.549. The summed E-state index contributed by atoms with van der Waals surface area (Å²) in [4.78, 5) is 0. The van der Waals surface area contributed by atoms with Crippen LogP contribution in [-0.2, 0) is 0 Å². The third kappa shape index (κ3) is 2.77. The van der Waals surface area contributed by atoms with E-state index in [9.17, 15) is 0 Å². The molecular formula is C15H30. The molecule has 0 bridgehead atoms. The van der Waals surface area contributed by atoms with Crippen molar-refractivity contribution in [1.29, 1.82) is 0 Å². The van der Waals surface area contributed by atoms with E-state index in [2.05, 4.69) is 27.7 Å². The molecule has 0 spiro atoms. The fraction of sp³-hybridized carbons (Fsp3) is 1.00. The predicted molar refractivity (Wildman–Crippen MR) is 69.0 cm³/mol. The van der Waals surface area contributed by atoms with Crippen LogP contribution in [0, 0.1) is 17.3 Å². The maximum Gasteiger partial charge on any atom is -0.0246 e. The summed E-state index contributed by atoms with van der Waals surface area (Å²) in [5.74, 6) is 1.93. The second-order valence-electron chi connectivity index (χ2n) is 5.87. The molecule has 0 amide bonds. The van der Waals surface area contributed by atoms with E-state index in [1.165, 1.54) is 51.4 Å². The molecule has 1 saturated carbocycles. The highest BCUT2D eigenvalue weighted by atomic mass is 14.5. The van der Waals surface area contributed by atoms with Crippen molar-refractivity contribution in [2.45, 2.75) is 79.1 Å². The average molecular weight is 210 g/mol. The standard InChI is InChI=1S/C15H30/c1-5-7-11-15(13(3)4)12-8-10-14(15)9-6-2/h13-14H,5-12H2,1-4H3. The molecule has 1 fully saturated rings. The first-order valence-electron chi connectivity index (χ1n) is 7.17. The van der Waals surface area contributed by atoms with Crippen molar-refractivity contribution in [3.63, 3.8) is 0 Å². The molecule has 2 unspecified atom stereocenters. The molecule has 15 heavy (non-hydrogen) atoms. The first kappa shape index (κ1) is 13.1. The minimum absolute atomic E-state index is 0.714. The number of hydrogen-bond acceptors (Lipinski definition) is 0. The topological polar surface area (TPSA) is 0 Å². The summed E-state index contributed by atoms with van der Waals surface area (Å²) in [5.41, 5.74) is 0.714. The van der Waals surface area contributed by atoms with Gasteiger partial charge in [-0.2, -0.15) is 0 Å². The lowest BCUT2D eigenvalue weighted by Gasteiger charge is -2.40. The van der Waals surface area contributed by atoms with E-state index in [1.807, 2.05) is 0 Å². The summed E-state index contributed by atoms with van der Waals surface area (Å²) < 4.78 is 0. The summed E-state index contributed by atoms with van der Waals surface area (Å²) in [6.07, 6.45) is 11.7. The van der Waals surface area contributed by atoms with Gasteiger partial charge in [-0.1, -0.05) is 59.8 Å². The van der Waals surface area contributed by atoms with E-state index in [-0.39, 0.29) is 0 Å². The first-order chi connectivity index (χ1) is 7.17. The summed E-state index contributed by atoms with van der Waals surface area (Å²) in [5, 5.41) is 0. The Morgan fingerprint density at radius 2 is 1.93 bits per heavy atom. The Hall–Kier alpha value is 0. The molecule has 90 valence electrons. The highest BCUT2D eigenvalue weighted by Gasteiger charge is 2.43. The fourth-order valence-electron chi connectivity index (χ4n) is 3.83. The van der Waals surface area contributed by atoms with Crippen molar-refractivity contribution in [3.8, 4) is 0 Å². The predicted octanol–water partition coefficient (Wildman–Crippen LogP) is 5.42. The van der Waals surface area contributed by atoms with Crippen LogP contribution < -0.4 is 0 Å². The number of hydrogen-bond donors (Lipinski definition) is 0. The lowest BCUT2D eigenvalue weighted by Crippen LogP contribution is -2.31. The monoisotopic (exact) mass is 210 g/mol. The van der Waals surface area contributed by atoms with E-state index in [4.69, 9.17) is 0 Å². The molecule has 0 saturated heterocycles. The summed E-state index contributed by atoms with van der Waals surface area (Å²) >= 11 is 0. The molecule has 0 heterocycles. The maximum absolute atomic E-state index is 2.46. The van der Waals surface area contributed by atoms with Gasteiger partial charge in [0, 0.05) is 0 Å². The van der Waals surface area contributed by atoms with Gasteiger partial charge in [0.15, 0.2) is 0 Å². The Balaban J connectivity index is 2.68. The van der Waals surface area contributed by atoms with E-state index in [0.29, 0.717) is 5.41 Å². The Morgan fingerprint density at radius 3 is 2.47 bits per heavy atom. The smallest absolute Gasteiger partial charge is 0.0246 e. The van der Waals surface area contributed by atoms with E-state index < -0.39 is 0 Å². The molecular weight excluding hydrogens is 180 g/mol. The normalized spacial score (nSPS) is 31.4. The van der Waals surface area contributed by atoms with Crippen molar-refractivity contribution in [1.82, 2.24) is 0 Å². The van der Waals surface area contributed by atoms with Gasteiger partial charge in [0.25, 0.3) is 0 Å². The highest BCUT2D eigenvalue weighted by Crippen LogP contribution is 2.53. The van der Waals surface area contributed by atoms with Gasteiger partial charge in [-0.25, -0.2) is 0 Å². The molecule has 1 aliphatic carbocycles. The Bertz CT molecular complexity index is 171. The Morgan fingerprint density at radius 1 is 1.20 bits per heavy atom. The second-order valence-corrected chi connectivity index (χ2v) is 5.87. The van der Waals surface area contributed by atoms with Gasteiger partial charge in [0.1, 0.15) is 0 Å². The molecule has 0 N–H and O–H groups in total. The van der Waals surface area contributed by atoms with Gasteiger partial charge in [0.05, 0.1) is 0 Å². The molecule has 0 aromatic rings. The highest BCUT2D eigenvalue weighted by molar-refractivity contribution is 4.93. The molecule has 1 rings (SSSR count). The SMILES string of the molecule is CCCCC1(C(C)C)CCCC1CCC. The van der Waals surface area contributed by atoms with Gasteiger partial charge in [-0.15, -0.1) is 0 Å². The molecule has 1 aliphatic rings. The summed E-state index contributed by atoms with van der Waals surface area (Å²) in [7, 11) is 0. The van der Waals surface area contributed by atoms with Gasteiger partial charge in [0.2, 0.25) is 0 Å². The average Bonchev–Trinajstić information content (AvgIpc) is 2.60. The van der Waals surface area contributed by atoms with Gasteiger partial charge >= 0.3 is 0 Å². The first-order valence-corrected chi connectivity index (χ1v) is 7.17. The van der Waals surface area contributed by atoms with Crippen molar-refractivity contribution < 1.29 is 0 Å². The van der Waals surface area contributed by atoms with Crippen LogP contribution in [0.5, 0.6) is 0 Å². The number of unbranched alkanes of at least 4 members (excludes halogenated alkanes) is 1. The second kappa shape index (κ2) is 5.92. The zero-order valence-electron chi connectivity index (χ0n) is 11.3. The van der Waals surface area contributed by atoms with Crippen LogP contribution in [0.15, 0.2) is 0 Å². The number of rotatable bonds is 6. The largest absolute Gasteiger partial charge is 0.0654 e. The van der Waals surface area contributed by atoms with Crippen molar-refractivity contribution in [3.05, 3.63) is 0 Å². The van der Waals surface area contributed by atoms with E-state index in [0.717, 1.165) is 11.8 Å². The van der Waals surface area contributed by atoms with Crippen LogP contribution in [-0.4, -0.2) is 0 Å². The zero-order chi connectivity index (χ0) is 11.3. The van der Waals surface area contributed by atoms with Crippen LogP contribution >= 0.6 is 0 Å². The van der Waals surface area contributed by atoms with Gasteiger partial charge in [-0.05, 0) is 36.5 Å². The molecule has 0 aliphatic heterocycles. The van der Waals surface area contributed by atoms with Crippen LogP contribution in [0.3, 0.4) is 0 Å². The van der Waals surface area contributed by atoms with Crippen molar-refractivity contribution >= 4 is 0 Å². The third-order valence-corrected chi connectivity index (χ3v) is 4.79. The van der Waals surface area contributed by atoms with Crippen molar-refractivity contribution in [2.24, 2.45) is 17.3 Å². The minimum atomic E-state index is 0.714. The van der Waals surface area contributed by atoms with Crippen LogP contribution in [0.25, 0.3) is 0 Å². The lowest BCUT2D eigenvalue weighted by atomic mass is 9.65. The fourth-order valence-corrected chi connectivity index (χ4v) is 3.83. The Kier molecular flexibility index (Phi) is 5.15. The lowest BCUT2D eigenvalue weighted by molar-refractivity contribution is 0.0976. The van der Waals surface area contributed by atoms with Crippen LogP contribution in [0.2, 0.25) is 0 Å². The zero-order valence-corrected chi connectivity index (χ0v) is 11.3. The Labute approximate surface area is 96.8 Å². The molecule has 2 atom stereocenters. The van der Waals surface area contributed by atoms with E-state index >= 15 is 0 Å². The van der Waals surface area contributed by atoms with Crippen molar-refractivity contribution in [2.75, 3.05) is 0 Å². The molecule has 0 nitrogen and oxygen atoms in total. The molecule has 0 heteroatoms. The van der Waals surface area contributed by atoms with Gasteiger partial charge in [-0.3, -0.25) is 0 Å². The minimum Gasteiger partial charge on any atom is -0.0654 e.